The largest absolute Gasteiger partial charge is 0.492 e. The molecule has 0 atom stereocenters. The van der Waals surface area contributed by atoms with Gasteiger partial charge in [-0.15, -0.1) is 0 Å². The number of carbonyl (C=O) groups excluding carboxylic acids is 2. The average Bonchev–Trinajstić information content (AvgIpc) is 3.06. The summed E-state index contributed by atoms with van der Waals surface area (Å²) in [4.78, 5) is 32.3. The molecule has 0 bridgehead atoms. The highest BCUT2D eigenvalue weighted by molar-refractivity contribution is 6.62. The van der Waals surface area contributed by atoms with E-state index >= 15 is 0 Å². The molecule has 0 spiro atoms. The van der Waals surface area contributed by atoms with Gasteiger partial charge in [0.2, 0.25) is 5.95 Å². The Labute approximate surface area is 156 Å². The molecule has 1 aliphatic heterocycles. The van der Waals surface area contributed by atoms with Crippen molar-refractivity contribution in [3.8, 4) is 0 Å². The van der Waals surface area contributed by atoms with Crippen molar-refractivity contribution < 1.29 is 24.0 Å². The second-order valence-electron chi connectivity index (χ2n) is 5.94. The number of anilines is 1. The standard InChI is InChI=1S/C17H19BN4O5/c1-10-13(4-3-11-8-27-18(25)15(10)11)16(24)21-7-14(23)26-9-12-5-6-20-17(19-2)22-12/h3-6,25H,7-9H2,1-2H3,(H,21,24)(H,19,20,22). The molecule has 1 aromatic carbocycles. The summed E-state index contributed by atoms with van der Waals surface area (Å²) in [5.41, 5.74) is 3.00. The van der Waals surface area contributed by atoms with Crippen LogP contribution in [0.3, 0.4) is 0 Å². The van der Waals surface area contributed by atoms with Gasteiger partial charge in [-0.1, -0.05) is 6.07 Å². The van der Waals surface area contributed by atoms with Crippen LogP contribution in [0, 0.1) is 6.92 Å². The van der Waals surface area contributed by atoms with Gasteiger partial charge in [0.1, 0.15) is 13.2 Å². The maximum absolute atomic E-state index is 12.4. The first-order valence-corrected chi connectivity index (χ1v) is 8.35. The van der Waals surface area contributed by atoms with Gasteiger partial charge in [-0.25, -0.2) is 9.97 Å². The number of benzene rings is 1. The fraction of sp³-hybridized carbons (Fsp3) is 0.294. The maximum atomic E-state index is 12.4. The summed E-state index contributed by atoms with van der Waals surface area (Å²) in [5.74, 6) is -0.587. The van der Waals surface area contributed by atoms with Crippen LogP contribution in [0.1, 0.15) is 27.2 Å². The Bertz CT molecular complexity index is 876. The lowest BCUT2D eigenvalue weighted by molar-refractivity contribution is -0.143. The van der Waals surface area contributed by atoms with Gasteiger partial charge in [0.15, 0.2) is 0 Å². The Morgan fingerprint density at radius 1 is 1.37 bits per heavy atom. The fourth-order valence-corrected chi connectivity index (χ4v) is 2.80. The van der Waals surface area contributed by atoms with Gasteiger partial charge in [-0.3, -0.25) is 9.59 Å². The van der Waals surface area contributed by atoms with Gasteiger partial charge in [-0.05, 0) is 35.6 Å². The summed E-state index contributed by atoms with van der Waals surface area (Å²) in [5, 5.41) is 15.2. The summed E-state index contributed by atoms with van der Waals surface area (Å²) in [6.07, 6.45) is 1.55. The minimum Gasteiger partial charge on any atom is -0.458 e. The van der Waals surface area contributed by atoms with E-state index in [-0.39, 0.29) is 13.2 Å². The summed E-state index contributed by atoms with van der Waals surface area (Å²) in [6, 6.07) is 5.02. The van der Waals surface area contributed by atoms with Gasteiger partial charge in [0, 0.05) is 18.8 Å². The number of carbonyl (C=O) groups is 2. The Hall–Kier alpha value is -2.98. The SMILES string of the molecule is CNc1nccc(COC(=O)CNC(=O)c2ccc3c(c2C)B(O)OC3)n1. The first-order chi connectivity index (χ1) is 13.0. The van der Waals surface area contributed by atoms with Gasteiger partial charge >= 0.3 is 13.1 Å². The number of nitrogens with one attached hydrogen (secondary N) is 2. The van der Waals surface area contributed by atoms with Crippen LogP contribution in [0.15, 0.2) is 24.4 Å². The van der Waals surface area contributed by atoms with Gasteiger partial charge in [-0.2, -0.15) is 0 Å². The minimum atomic E-state index is -1.03. The summed E-state index contributed by atoms with van der Waals surface area (Å²) in [6.45, 7) is 1.74. The van der Waals surface area contributed by atoms with Crippen molar-refractivity contribution in [3.63, 3.8) is 0 Å². The lowest BCUT2D eigenvalue weighted by Crippen LogP contribution is -2.35. The maximum Gasteiger partial charge on any atom is 0.492 e. The number of ether oxygens (including phenoxy) is 1. The molecule has 0 unspecified atom stereocenters. The van der Waals surface area contributed by atoms with E-state index in [2.05, 4.69) is 20.6 Å². The zero-order valence-electron chi connectivity index (χ0n) is 15.0. The molecule has 10 heteroatoms. The molecule has 2 heterocycles. The molecular formula is C17H19BN4O5. The highest BCUT2D eigenvalue weighted by Gasteiger charge is 2.31. The molecular weight excluding hydrogens is 351 g/mol. The number of esters is 1. The van der Waals surface area contributed by atoms with Crippen LogP contribution in [-0.4, -0.2) is 47.6 Å². The number of amides is 1. The second kappa shape index (κ2) is 8.15. The molecule has 0 saturated carbocycles. The average molecular weight is 370 g/mol. The third-order valence-corrected chi connectivity index (χ3v) is 4.20. The molecule has 1 aliphatic rings. The molecule has 140 valence electrons. The van der Waals surface area contributed by atoms with Crippen molar-refractivity contribution in [1.29, 1.82) is 0 Å². The zero-order valence-corrected chi connectivity index (χ0v) is 15.0. The molecule has 0 saturated heterocycles. The quantitative estimate of drug-likeness (QED) is 0.460. The van der Waals surface area contributed by atoms with Crippen molar-refractivity contribution in [3.05, 3.63) is 46.8 Å². The highest BCUT2D eigenvalue weighted by Crippen LogP contribution is 2.16. The van der Waals surface area contributed by atoms with Crippen molar-refractivity contribution in [2.75, 3.05) is 18.9 Å². The first kappa shape index (κ1) is 18.8. The van der Waals surface area contributed by atoms with Gasteiger partial charge < -0.3 is 25.0 Å². The first-order valence-electron chi connectivity index (χ1n) is 8.35. The molecule has 0 aliphatic carbocycles. The predicted molar refractivity (Wildman–Crippen MR) is 97.3 cm³/mol. The third-order valence-electron chi connectivity index (χ3n) is 4.20. The van der Waals surface area contributed by atoms with Crippen LogP contribution in [0.5, 0.6) is 0 Å². The van der Waals surface area contributed by atoms with Gasteiger partial charge in [0.25, 0.3) is 5.91 Å². The third kappa shape index (κ3) is 4.23. The normalized spacial score (nSPS) is 12.5. The van der Waals surface area contributed by atoms with Crippen molar-refractivity contribution >= 4 is 30.4 Å². The van der Waals surface area contributed by atoms with E-state index < -0.39 is 19.0 Å². The molecule has 3 rings (SSSR count). The highest BCUT2D eigenvalue weighted by atomic mass is 16.5. The number of rotatable bonds is 6. The minimum absolute atomic E-state index is 0.0205. The Kier molecular flexibility index (Phi) is 5.67. The molecule has 27 heavy (non-hydrogen) atoms. The molecule has 0 radical (unpaired) electrons. The second-order valence-corrected chi connectivity index (χ2v) is 5.94. The van der Waals surface area contributed by atoms with Crippen LogP contribution in [0.2, 0.25) is 0 Å². The van der Waals surface area contributed by atoms with Gasteiger partial charge in [0.05, 0.1) is 12.3 Å². The molecule has 0 fully saturated rings. The van der Waals surface area contributed by atoms with Crippen LogP contribution in [0.25, 0.3) is 0 Å². The van der Waals surface area contributed by atoms with E-state index in [9.17, 15) is 14.6 Å². The smallest absolute Gasteiger partial charge is 0.458 e. The van der Waals surface area contributed by atoms with Crippen molar-refractivity contribution in [2.24, 2.45) is 0 Å². The topological polar surface area (TPSA) is 123 Å². The summed E-state index contributed by atoms with van der Waals surface area (Å²) < 4.78 is 10.3. The zero-order chi connectivity index (χ0) is 19.4. The van der Waals surface area contributed by atoms with Crippen LogP contribution >= 0.6 is 0 Å². The van der Waals surface area contributed by atoms with E-state index in [0.717, 1.165) is 5.56 Å². The van der Waals surface area contributed by atoms with E-state index in [0.29, 0.717) is 34.8 Å². The van der Waals surface area contributed by atoms with Crippen LogP contribution < -0.4 is 16.1 Å². The van der Waals surface area contributed by atoms with E-state index in [1.165, 1.54) is 0 Å². The number of hydrogen-bond acceptors (Lipinski definition) is 8. The number of fused-ring (bicyclic) bond motifs is 1. The summed E-state index contributed by atoms with van der Waals surface area (Å²) >= 11 is 0. The Morgan fingerprint density at radius 3 is 2.96 bits per heavy atom. The number of hydrogen-bond donors (Lipinski definition) is 3. The molecule has 2 aromatic rings. The van der Waals surface area contributed by atoms with E-state index in [1.54, 1.807) is 38.4 Å². The summed E-state index contributed by atoms with van der Waals surface area (Å²) in [7, 11) is 0.653. The number of nitrogens with zero attached hydrogens (tertiary/aromatic N) is 2. The van der Waals surface area contributed by atoms with E-state index in [1.807, 2.05) is 0 Å². The Balaban J connectivity index is 1.55. The molecule has 3 N–H and O–H groups in total. The number of aromatic nitrogens is 2. The monoisotopic (exact) mass is 370 g/mol. The van der Waals surface area contributed by atoms with Crippen molar-refractivity contribution in [1.82, 2.24) is 15.3 Å². The Morgan fingerprint density at radius 2 is 2.19 bits per heavy atom. The van der Waals surface area contributed by atoms with Crippen molar-refractivity contribution in [2.45, 2.75) is 20.1 Å². The fourth-order valence-electron chi connectivity index (χ4n) is 2.80. The molecule has 1 aromatic heterocycles. The molecule has 9 nitrogen and oxygen atoms in total. The van der Waals surface area contributed by atoms with Crippen LogP contribution in [-0.2, 0) is 27.4 Å². The van der Waals surface area contributed by atoms with Crippen LogP contribution in [0.4, 0.5) is 5.95 Å². The van der Waals surface area contributed by atoms with E-state index in [4.69, 9.17) is 9.39 Å². The lowest BCUT2D eigenvalue weighted by atomic mass is 9.75. The predicted octanol–water partition coefficient (Wildman–Crippen LogP) is -0.482. The molecule has 1 amide bonds. The lowest BCUT2D eigenvalue weighted by Gasteiger charge is -2.11.